The van der Waals surface area contributed by atoms with Crippen LogP contribution in [0.2, 0.25) is 0 Å². The zero-order valence-electron chi connectivity index (χ0n) is 34.0. The Labute approximate surface area is 355 Å². The zero-order valence-corrected chi connectivity index (χ0v) is 34.0. The summed E-state index contributed by atoms with van der Waals surface area (Å²) in [5, 5.41) is 4.82. The fraction of sp³-hybridized carbons (Fsp3) is 0.172. The van der Waals surface area contributed by atoms with E-state index >= 15 is 0 Å². The lowest BCUT2D eigenvalue weighted by Crippen LogP contribution is -2.47. The monoisotopic (exact) mass is 784 g/mol. The molecule has 4 aliphatic carbocycles. The molecule has 0 amide bonds. The first-order chi connectivity index (χ1) is 30.2. The summed E-state index contributed by atoms with van der Waals surface area (Å²) in [5.74, 6) is 3.49. The molecular formula is C58H44N2O. The fourth-order valence-electron chi connectivity index (χ4n) is 13.1. The number of furan rings is 1. The second kappa shape index (κ2) is 12.6. The van der Waals surface area contributed by atoms with Gasteiger partial charge in [0, 0.05) is 55.3 Å². The molecular weight excluding hydrogens is 741 g/mol. The molecule has 61 heavy (non-hydrogen) atoms. The van der Waals surface area contributed by atoms with Gasteiger partial charge in [0.2, 0.25) is 0 Å². The van der Waals surface area contributed by atoms with Gasteiger partial charge >= 0.3 is 0 Å². The largest absolute Gasteiger partial charge is 0.455 e. The minimum atomic E-state index is 0.125. The predicted octanol–water partition coefficient (Wildman–Crippen LogP) is 15.5. The van der Waals surface area contributed by atoms with Gasteiger partial charge in [0.05, 0.1) is 11.0 Å². The van der Waals surface area contributed by atoms with E-state index in [1.165, 1.54) is 70.7 Å². The van der Waals surface area contributed by atoms with Crippen LogP contribution in [0.4, 0.5) is 17.1 Å². The summed E-state index contributed by atoms with van der Waals surface area (Å²) >= 11 is 0. The zero-order chi connectivity index (χ0) is 39.8. The quantitative estimate of drug-likeness (QED) is 0.173. The number of fused-ring (bicyclic) bond motifs is 13. The maximum Gasteiger partial charge on any atom is 0.143 e. The van der Waals surface area contributed by atoms with Crippen LogP contribution in [0.15, 0.2) is 186 Å². The first kappa shape index (κ1) is 33.9. The average Bonchev–Trinajstić information content (AvgIpc) is 4.00. The Morgan fingerprint density at radius 3 is 2.13 bits per heavy atom. The van der Waals surface area contributed by atoms with Crippen LogP contribution < -0.4 is 4.90 Å². The van der Waals surface area contributed by atoms with Crippen molar-refractivity contribution in [1.29, 1.82) is 0 Å². The molecule has 8 aromatic carbocycles. The molecule has 5 atom stereocenters. The third-order valence-electron chi connectivity index (χ3n) is 15.7. The number of anilines is 3. The Kier molecular flexibility index (Phi) is 7.01. The summed E-state index contributed by atoms with van der Waals surface area (Å²) in [4.78, 5) is 2.49. The van der Waals surface area contributed by atoms with Crippen molar-refractivity contribution in [3.63, 3.8) is 0 Å². The molecule has 5 unspecified atom stereocenters. The van der Waals surface area contributed by atoms with E-state index in [2.05, 4.69) is 185 Å². The van der Waals surface area contributed by atoms with Crippen LogP contribution in [0, 0.1) is 23.7 Å². The second-order valence-electron chi connectivity index (χ2n) is 18.4. The molecule has 2 bridgehead atoms. The van der Waals surface area contributed by atoms with E-state index in [1.54, 1.807) is 11.1 Å². The molecule has 2 heterocycles. The first-order valence-electron chi connectivity index (χ1n) is 22.4. The highest BCUT2D eigenvalue weighted by molar-refractivity contribution is 6.11. The first-order valence-corrected chi connectivity index (χ1v) is 22.4. The van der Waals surface area contributed by atoms with Crippen LogP contribution in [0.5, 0.6) is 0 Å². The Morgan fingerprint density at radius 2 is 1.21 bits per heavy atom. The summed E-state index contributed by atoms with van der Waals surface area (Å²) in [6.45, 7) is 0. The lowest BCUT2D eigenvalue weighted by Gasteiger charge is -2.52. The number of hydrogen-bond donors (Lipinski definition) is 0. The molecule has 0 aliphatic heterocycles. The van der Waals surface area contributed by atoms with Crippen molar-refractivity contribution in [1.82, 2.24) is 4.57 Å². The normalized spacial score (nSPS) is 22.2. The maximum atomic E-state index is 6.51. The SMILES string of the molecule is c1ccc(-n2c3ccccc3c3ccc(N(c4ccc(-c5cccc6c5oc5ccccc56)cc4)c4ccc5c(c4)-c4ccccc4C54CCC5CC6CC4C6C5)cc32)cc1. The molecule has 0 saturated heterocycles. The third-order valence-corrected chi connectivity index (χ3v) is 15.7. The summed E-state index contributed by atoms with van der Waals surface area (Å²) < 4.78 is 8.94. The Hall–Kier alpha value is -6.84. The fourth-order valence-corrected chi connectivity index (χ4v) is 13.1. The van der Waals surface area contributed by atoms with Gasteiger partial charge < -0.3 is 13.9 Å². The molecule has 3 nitrogen and oxygen atoms in total. The maximum absolute atomic E-state index is 6.51. The summed E-state index contributed by atoms with van der Waals surface area (Å²) in [6.07, 6.45) is 6.95. The van der Waals surface area contributed by atoms with E-state index < -0.39 is 0 Å². The summed E-state index contributed by atoms with van der Waals surface area (Å²) in [6, 6.07) is 67.7. The molecule has 3 saturated carbocycles. The van der Waals surface area contributed by atoms with E-state index in [0.717, 1.165) is 73.8 Å². The van der Waals surface area contributed by atoms with Gasteiger partial charge in [-0.15, -0.1) is 0 Å². The van der Waals surface area contributed by atoms with Gasteiger partial charge in [-0.25, -0.2) is 0 Å². The van der Waals surface area contributed by atoms with Crippen LogP contribution in [-0.2, 0) is 5.41 Å². The second-order valence-corrected chi connectivity index (χ2v) is 18.4. The standard InChI is InChI=1S/C58H44N2O/c1-2-11-39(12-3-1)60-54-19-8-5-14-45(54)46-27-25-42(35-55(46)60)59(40-23-21-37(22-24-40)43-16-10-17-48-47-15-6-9-20-56(47)61-57(43)48)41-26-28-52-50(34-41)44-13-4-7-18-51(44)58(52)30-29-36-31-38-33-53(58)49(38)32-36/h1-28,34-36,38,49,53H,29-33H2. The summed E-state index contributed by atoms with van der Waals surface area (Å²) in [7, 11) is 0. The lowest BCUT2D eigenvalue weighted by atomic mass is 9.51. The van der Waals surface area contributed by atoms with Gasteiger partial charge in [0.25, 0.3) is 0 Å². The molecule has 2 aromatic heterocycles. The van der Waals surface area contributed by atoms with Crippen molar-refractivity contribution in [2.75, 3.05) is 4.90 Å². The van der Waals surface area contributed by atoms with E-state index in [0.29, 0.717) is 0 Å². The number of hydrogen-bond acceptors (Lipinski definition) is 2. The molecule has 0 N–H and O–H groups in total. The van der Waals surface area contributed by atoms with Crippen molar-refractivity contribution in [3.05, 3.63) is 193 Å². The Balaban J connectivity index is 0.964. The van der Waals surface area contributed by atoms with E-state index in [9.17, 15) is 0 Å². The van der Waals surface area contributed by atoms with Crippen LogP contribution in [0.25, 0.3) is 71.7 Å². The topological polar surface area (TPSA) is 21.3 Å². The Bertz CT molecular complexity index is 3390. The van der Waals surface area contributed by atoms with Crippen LogP contribution in [0.1, 0.15) is 43.2 Å². The van der Waals surface area contributed by atoms with Crippen molar-refractivity contribution in [3.8, 4) is 27.9 Å². The number of rotatable bonds is 5. The third kappa shape index (κ3) is 4.69. The number of nitrogens with zero attached hydrogens (tertiary/aromatic N) is 2. The molecule has 1 spiro atoms. The number of aromatic nitrogens is 1. The average molecular weight is 785 g/mol. The van der Waals surface area contributed by atoms with Crippen molar-refractivity contribution in [2.24, 2.45) is 23.7 Å². The highest BCUT2D eigenvalue weighted by atomic mass is 16.3. The smallest absolute Gasteiger partial charge is 0.143 e. The summed E-state index contributed by atoms with van der Waals surface area (Å²) in [5.41, 5.74) is 17.3. The van der Waals surface area contributed by atoms with Gasteiger partial charge in [-0.05, 0) is 144 Å². The predicted molar refractivity (Wildman–Crippen MR) is 251 cm³/mol. The van der Waals surface area contributed by atoms with E-state index in [-0.39, 0.29) is 5.41 Å². The van der Waals surface area contributed by atoms with E-state index in [1.807, 2.05) is 6.07 Å². The van der Waals surface area contributed by atoms with Gasteiger partial charge in [0.15, 0.2) is 0 Å². The van der Waals surface area contributed by atoms with Crippen LogP contribution in [0.3, 0.4) is 0 Å². The minimum absolute atomic E-state index is 0.125. The molecule has 4 aliphatic rings. The van der Waals surface area contributed by atoms with Crippen molar-refractivity contribution >= 4 is 60.8 Å². The highest BCUT2D eigenvalue weighted by Crippen LogP contribution is 2.69. The lowest BCUT2D eigenvalue weighted by molar-refractivity contribution is 0.0400. The van der Waals surface area contributed by atoms with E-state index in [4.69, 9.17) is 4.42 Å². The van der Waals surface area contributed by atoms with Crippen molar-refractivity contribution < 1.29 is 4.42 Å². The number of benzene rings is 8. The van der Waals surface area contributed by atoms with Gasteiger partial charge in [0.1, 0.15) is 11.2 Å². The highest BCUT2D eigenvalue weighted by Gasteiger charge is 2.61. The van der Waals surface area contributed by atoms with Gasteiger partial charge in [-0.1, -0.05) is 121 Å². The molecule has 10 aromatic rings. The van der Waals surface area contributed by atoms with Crippen LogP contribution >= 0.6 is 0 Å². The van der Waals surface area contributed by atoms with Gasteiger partial charge in [-0.3, -0.25) is 0 Å². The van der Waals surface area contributed by atoms with Gasteiger partial charge in [-0.2, -0.15) is 0 Å². The molecule has 0 radical (unpaired) electrons. The van der Waals surface area contributed by atoms with Crippen molar-refractivity contribution in [2.45, 2.75) is 37.5 Å². The Morgan fingerprint density at radius 1 is 0.508 bits per heavy atom. The van der Waals surface area contributed by atoms with Crippen LogP contribution in [-0.4, -0.2) is 4.57 Å². The molecule has 14 rings (SSSR count). The molecule has 292 valence electrons. The minimum Gasteiger partial charge on any atom is -0.455 e. The molecule has 3 heteroatoms. The molecule has 3 fully saturated rings. The number of para-hydroxylation sites is 4.